The molecule has 2 heterocycles. The van der Waals surface area contributed by atoms with Crippen LogP contribution in [-0.4, -0.2) is 63.0 Å². The van der Waals surface area contributed by atoms with Crippen molar-refractivity contribution in [3.05, 3.63) is 60.2 Å². The molecule has 31 heavy (non-hydrogen) atoms. The fourth-order valence-electron chi connectivity index (χ4n) is 3.77. The van der Waals surface area contributed by atoms with Crippen LogP contribution in [0, 0.1) is 0 Å². The number of esters is 2. The van der Waals surface area contributed by atoms with Gasteiger partial charge in [-0.1, -0.05) is 24.3 Å². The maximum atomic E-state index is 13.1. The lowest BCUT2D eigenvalue weighted by Gasteiger charge is -2.35. The number of nitrogens with zero attached hydrogens (tertiary/aromatic N) is 2. The number of hydrogen-bond donors (Lipinski definition) is 0. The molecule has 2 aromatic carbocycles. The van der Waals surface area contributed by atoms with Gasteiger partial charge in [0, 0.05) is 38.3 Å². The van der Waals surface area contributed by atoms with E-state index in [9.17, 15) is 18.0 Å². The molecule has 2 aromatic rings. The molecule has 0 radical (unpaired) electrons. The summed E-state index contributed by atoms with van der Waals surface area (Å²) in [5.74, 6) is -1.33. The third kappa shape index (κ3) is 4.57. The van der Waals surface area contributed by atoms with Crippen LogP contribution in [-0.2, 0) is 24.3 Å². The van der Waals surface area contributed by atoms with Gasteiger partial charge in [-0.05, 0) is 37.3 Å². The van der Waals surface area contributed by atoms with Crippen molar-refractivity contribution in [3.63, 3.8) is 0 Å². The van der Waals surface area contributed by atoms with Gasteiger partial charge in [0.1, 0.15) is 6.10 Å². The van der Waals surface area contributed by atoms with E-state index in [4.69, 9.17) is 9.47 Å². The summed E-state index contributed by atoms with van der Waals surface area (Å²) in [6.07, 6.45) is -0.991. The summed E-state index contributed by atoms with van der Waals surface area (Å²) in [5.41, 5.74) is 1.14. The van der Waals surface area contributed by atoms with Crippen molar-refractivity contribution in [2.75, 3.05) is 31.1 Å². The number of benzene rings is 2. The lowest BCUT2D eigenvalue weighted by Crippen LogP contribution is -2.48. The minimum atomic E-state index is -3.76. The summed E-state index contributed by atoms with van der Waals surface area (Å²) in [6, 6.07) is 15.6. The Balaban J connectivity index is 1.44. The summed E-state index contributed by atoms with van der Waals surface area (Å²) in [6.45, 7) is 3.56. The lowest BCUT2D eigenvalue weighted by atomic mass is 10.2. The van der Waals surface area contributed by atoms with E-state index >= 15 is 0 Å². The molecule has 2 aliphatic heterocycles. The van der Waals surface area contributed by atoms with Crippen LogP contribution in [0.5, 0.6) is 0 Å². The second-order valence-electron chi connectivity index (χ2n) is 7.63. The smallest absolute Gasteiger partial charge is 0.347 e. The van der Waals surface area contributed by atoms with Crippen LogP contribution in [0.25, 0.3) is 0 Å². The minimum absolute atomic E-state index is 0.0254. The van der Waals surface area contributed by atoms with E-state index in [2.05, 4.69) is 4.90 Å². The molecule has 2 aliphatic rings. The molecule has 2 fully saturated rings. The van der Waals surface area contributed by atoms with Crippen molar-refractivity contribution in [3.8, 4) is 0 Å². The van der Waals surface area contributed by atoms with Gasteiger partial charge in [-0.15, -0.1) is 0 Å². The number of rotatable bonds is 5. The molecule has 2 saturated heterocycles. The largest absolute Gasteiger partial charge is 0.460 e. The highest BCUT2D eigenvalue weighted by Gasteiger charge is 2.35. The maximum Gasteiger partial charge on any atom is 0.347 e. The normalized spacial score (nSPS) is 22.2. The third-order valence-electron chi connectivity index (χ3n) is 5.44. The molecule has 0 aliphatic carbocycles. The number of sulfonamides is 1. The number of carbonyl (C=O) groups is 2. The minimum Gasteiger partial charge on any atom is -0.460 e. The quantitative estimate of drug-likeness (QED) is 0.652. The number of ether oxygens (including phenoxy) is 2. The average molecular weight is 445 g/mol. The van der Waals surface area contributed by atoms with E-state index in [0.717, 1.165) is 5.69 Å². The Morgan fingerprint density at radius 1 is 1.03 bits per heavy atom. The molecule has 8 nitrogen and oxygen atoms in total. The first-order valence-electron chi connectivity index (χ1n) is 10.2. The summed E-state index contributed by atoms with van der Waals surface area (Å²) in [5, 5.41) is 0. The zero-order valence-electron chi connectivity index (χ0n) is 17.1. The molecule has 4 rings (SSSR count). The fourth-order valence-corrected chi connectivity index (χ4v) is 5.24. The molecule has 0 N–H and O–H groups in total. The third-order valence-corrected chi connectivity index (χ3v) is 7.34. The van der Waals surface area contributed by atoms with E-state index in [1.165, 1.54) is 28.6 Å². The van der Waals surface area contributed by atoms with Crippen molar-refractivity contribution in [1.29, 1.82) is 0 Å². The maximum absolute atomic E-state index is 13.1. The number of hydrogen-bond acceptors (Lipinski definition) is 7. The van der Waals surface area contributed by atoms with Gasteiger partial charge in [0.15, 0.2) is 0 Å². The number of carbonyl (C=O) groups excluding carboxylic acids is 2. The van der Waals surface area contributed by atoms with Crippen LogP contribution in [0.15, 0.2) is 59.5 Å². The molecule has 0 aromatic heterocycles. The van der Waals surface area contributed by atoms with E-state index < -0.39 is 28.1 Å². The molecule has 0 bridgehead atoms. The molecule has 2 atom stereocenters. The first-order chi connectivity index (χ1) is 14.8. The topological polar surface area (TPSA) is 93.2 Å². The zero-order chi connectivity index (χ0) is 22.0. The predicted molar refractivity (Wildman–Crippen MR) is 113 cm³/mol. The van der Waals surface area contributed by atoms with Gasteiger partial charge in [-0.25, -0.2) is 18.0 Å². The number of cyclic esters (lactones) is 1. The van der Waals surface area contributed by atoms with Gasteiger partial charge < -0.3 is 14.4 Å². The monoisotopic (exact) mass is 444 g/mol. The Labute approximate surface area is 181 Å². The Morgan fingerprint density at radius 3 is 2.39 bits per heavy atom. The summed E-state index contributed by atoms with van der Waals surface area (Å²) < 4.78 is 37.9. The molecule has 0 spiro atoms. The summed E-state index contributed by atoms with van der Waals surface area (Å²) in [4.78, 5) is 26.3. The van der Waals surface area contributed by atoms with Gasteiger partial charge in [-0.3, -0.25) is 0 Å². The molecule has 0 amide bonds. The van der Waals surface area contributed by atoms with Crippen LogP contribution in [0.3, 0.4) is 0 Å². The molecule has 164 valence electrons. The van der Waals surface area contributed by atoms with Crippen molar-refractivity contribution >= 4 is 27.6 Å². The molecule has 9 heteroatoms. The lowest BCUT2D eigenvalue weighted by molar-refractivity contribution is -0.147. The highest BCUT2D eigenvalue weighted by atomic mass is 32.2. The first-order valence-corrected chi connectivity index (χ1v) is 11.6. The Bertz CT molecular complexity index is 1060. The van der Waals surface area contributed by atoms with E-state index in [1.54, 1.807) is 6.92 Å². The van der Waals surface area contributed by atoms with Crippen molar-refractivity contribution in [1.82, 2.24) is 4.31 Å². The number of para-hydroxylation sites is 1. The predicted octanol–water partition coefficient (Wildman–Crippen LogP) is 2.06. The summed E-state index contributed by atoms with van der Waals surface area (Å²) >= 11 is 0. The van der Waals surface area contributed by atoms with Crippen LogP contribution in [0.4, 0.5) is 5.69 Å². The number of piperazine rings is 1. The SMILES string of the molecule is CC1CC(OC(=O)c2cccc(S(=O)(=O)N3CCN(c4ccccc4)CC3)c2)C(=O)O1. The van der Waals surface area contributed by atoms with E-state index in [1.807, 2.05) is 30.3 Å². The van der Waals surface area contributed by atoms with Gasteiger partial charge in [0.2, 0.25) is 16.1 Å². The van der Waals surface area contributed by atoms with Crippen LogP contribution in [0.2, 0.25) is 0 Å². The summed E-state index contributed by atoms with van der Waals surface area (Å²) in [7, 11) is -3.76. The van der Waals surface area contributed by atoms with Crippen molar-refractivity contribution < 1.29 is 27.5 Å². The Hall–Kier alpha value is -2.91. The molecular weight excluding hydrogens is 420 g/mol. The standard InChI is InChI=1S/C22H24N2O6S/c1-16-14-20(22(26)29-16)30-21(25)17-6-5-9-19(15-17)31(27,28)24-12-10-23(11-13-24)18-7-3-2-4-8-18/h2-9,15-16,20H,10-14H2,1H3. The highest BCUT2D eigenvalue weighted by molar-refractivity contribution is 7.89. The van der Waals surface area contributed by atoms with Crippen LogP contribution >= 0.6 is 0 Å². The van der Waals surface area contributed by atoms with Crippen LogP contribution < -0.4 is 4.90 Å². The second-order valence-corrected chi connectivity index (χ2v) is 9.57. The van der Waals surface area contributed by atoms with Gasteiger partial charge in [-0.2, -0.15) is 4.31 Å². The van der Waals surface area contributed by atoms with E-state index in [0.29, 0.717) is 26.2 Å². The highest BCUT2D eigenvalue weighted by Crippen LogP contribution is 2.23. The van der Waals surface area contributed by atoms with Gasteiger partial charge >= 0.3 is 11.9 Å². The Kier molecular flexibility index (Phi) is 5.97. The first kappa shape index (κ1) is 21.3. The van der Waals surface area contributed by atoms with Crippen LogP contribution in [0.1, 0.15) is 23.7 Å². The van der Waals surface area contributed by atoms with Gasteiger partial charge in [0.05, 0.1) is 10.5 Å². The second kappa shape index (κ2) is 8.68. The fraction of sp³-hybridized carbons (Fsp3) is 0.364. The Morgan fingerprint density at radius 2 is 1.74 bits per heavy atom. The van der Waals surface area contributed by atoms with E-state index in [-0.39, 0.29) is 23.0 Å². The number of anilines is 1. The van der Waals surface area contributed by atoms with Crippen molar-refractivity contribution in [2.24, 2.45) is 0 Å². The zero-order valence-corrected chi connectivity index (χ0v) is 18.0. The van der Waals surface area contributed by atoms with Crippen molar-refractivity contribution in [2.45, 2.75) is 30.4 Å². The molecular formula is C22H24N2O6S. The van der Waals surface area contributed by atoms with Gasteiger partial charge in [0.25, 0.3) is 0 Å². The molecule has 0 saturated carbocycles. The average Bonchev–Trinajstić information content (AvgIpc) is 3.11. The molecule has 2 unspecified atom stereocenters.